The highest BCUT2D eigenvalue weighted by molar-refractivity contribution is 6.30. The lowest BCUT2D eigenvalue weighted by Gasteiger charge is -2.36. The van der Waals surface area contributed by atoms with Crippen molar-refractivity contribution in [2.75, 3.05) is 31.2 Å². The smallest absolute Gasteiger partial charge is 0.312 e. The number of carbonyl (C=O) groups excluding carboxylic acids is 3. The molecular weight excluding hydrogens is 520 g/mol. The van der Waals surface area contributed by atoms with Crippen molar-refractivity contribution >= 4 is 35.1 Å². The summed E-state index contributed by atoms with van der Waals surface area (Å²) in [6.45, 7) is 10.0. The van der Waals surface area contributed by atoms with Crippen LogP contribution in [0.1, 0.15) is 51.9 Å². The Labute approximate surface area is 235 Å². The maximum Gasteiger partial charge on any atom is 0.312 e. The van der Waals surface area contributed by atoms with Crippen LogP contribution in [0.3, 0.4) is 0 Å². The summed E-state index contributed by atoms with van der Waals surface area (Å²) in [5.41, 5.74) is -1.39. The number of unbranched alkanes of at least 4 members (excludes halogenated alkanes) is 2. The van der Waals surface area contributed by atoms with Gasteiger partial charge in [-0.3, -0.25) is 14.4 Å². The van der Waals surface area contributed by atoms with Gasteiger partial charge in [-0.25, -0.2) is 0 Å². The van der Waals surface area contributed by atoms with Gasteiger partial charge in [0.1, 0.15) is 17.6 Å². The van der Waals surface area contributed by atoms with Crippen molar-refractivity contribution in [2.24, 2.45) is 11.8 Å². The SMILES string of the molecule is C=CCCCCOC(=O)[C@@H]1[C@H]2C(=O)N(CCCO)C(C(=O)N(CC=C)c3ccc(Cl)cc3)C23CC[C@@]1(CC)O3. The molecule has 4 rings (SSSR count). The lowest BCUT2D eigenvalue weighted by atomic mass is 9.65. The molecule has 3 aliphatic rings. The van der Waals surface area contributed by atoms with Gasteiger partial charge in [0, 0.05) is 30.4 Å². The van der Waals surface area contributed by atoms with E-state index >= 15 is 0 Å². The predicted molar refractivity (Wildman–Crippen MR) is 149 cm³/mol. The molecule has 0 aromatic heterocycles. The number of halogens is 1. The predicted octanol–water partition coefficient (Wildman–Crippen LogP) is 4.30. The van der Waals surface area contributed by atoms with Crippen molar-refractivity contribution in [2.45, 2.75) is 69.1 Å². The topological polar surface area (TPSA) is 96.4 Å². The van der Waals surface area contributed by atoms with Crippen molar-refractivity contribution in [1.29, 1.82) is 0 Å². The second kappa shape index (κ2) is 12.2. The van der Waals surface area contributed by atoms with Crippen molar-refractivity contribution < 1.29 is 29.0 Å². The molecule has 1 aromatic carbocycles. The summed E-state index contributed by atoms with van der Waals surface area (Å²) in [6.07, 6.45) is 7.73. The number of amides is 2. The Morgan fingerprint density at radius 2 is 1.95 bits per heavy atom. The first-order valence-electron chi connectivity index (χ1n) is 13.9. The first-order valence-corrected chi connectivity index (χ1v) is 14.2. The van der Waals surface area contributed by atoms with Crippen LogP contribution in [0, 0.1) is 11.8 Å². The number of hydrogen-bond acceptors (Lipinski definition) is 6. The highest BCUT2D eigenvalue weighted by atomic mass is 35.5. The molecule has 2 amide bonds. The van der Waals surface area contributed by atoms with Crippen LogP contribution in [-0.2, 0) is 23.9 Å². The molecule has 9 heteroatoms. The van der Waals surface area contributed by atoms with E-state index in [1.165, 1.54) is 4.90 Å². The fourth-order valence-electron chi connectivity index (χ4n) is 6.71. The standard InChI is InChI=1S/C30H39ClN2O6/c1-4-7-8-9-20-38-28(37)24-23-26(35)33(18-10-19-34)25(30(23)16-15-29(24,6-3)39-30)27(36)32(17-5-2)22-13-11-21(31)12-14-22/h4-5,11-14,23-25,34H,1-2,6-10,15-20H2,3H3/t23-,24-,25?,29+,30?/m0/s1. The lowest BCUT2D eigenvalue weighted by Crippen LogP contribution is -2.56. The Morgan fingerprint density at radius 3 is 2.59 bits per heavy atom. The number of carbonyl (C=O) groups is 3. The number of aliphatic hydroxyl groups is 1. The van der Waals surface area contributed by atoms with Gasteiger partial charge in [-0.2, -0.15) is 0 Å². The van der Waals surface area contributed by atoms with Crippen LogP contribution in [0.15, 0.2) is 49.6 Å². The lowest BCUT2D eigenvalue weighted by molar-refractivity contribution is -0.161. The first-order chi connectivity index (χ1) is 18.8. The molecule has 3 fully saturated rings. The van der Waals surface area contributed by atoms with E-state index < -0.39 is 35.0 Å². The molecule has 0 saturated carbocycles. The van der Waals surface area contributed by atoms with E-state index in [4.69, 9.17) is 21.1 Å². The number of ether oxygens (including phenoxy) is 2. The third-order valence-electron chi connectivity index (χ3n) is 8.49. The zero-order chi connectivity index (χ0) is 28.2. The van der Waals surface area contributed by atoms with Gasteiger partial charge >= 0.3 is 5.97 Å². The van der Waals surface area contributed by atoms with Gasteiger partial charge < -0.3 is 24.4 Å². The molecule has 1 N–H and O–H groups in total. The maximum absolute atomic E-state index is 14.4. The number of anilines is 1. The number of esters is 1. The summed E-state index contributed by atoms with van der Waals surface area (Å²) < 4.78 is 12.5. The summed E-state index contributed by atoms with van der Waals surface area (Å²) in [4.78, 5) is 45.1. The Kier molecular flexibility index (Phi) is 9.19. The van der Waals surface area contributed by atoms with Crippen LogP contribution in [-0.4, -0.2) is 71.3 Å². The Bertz CT molecular complexity index is 1090. The van der Waals surface area contributed by atoms with Crippen LogP contribution in [0.25, 0.3) is 0 Å². The molecule has 0 aliphatic carbocycles. The number of benzene rings is 1. The zero-order valence-electron chi connectivity index (χ0n) is 22.6. The van der Waals surface area contributed by atoms with E-state index in [0.29, 0.717) is 42.8 Å². The van der Waals surface area contributed by atoms with Gasteiger partial charge in [0.25, 0.3) is 5.91 Å². The fraction of sp³-hybridized carbons (Fsp3) is 0.567. The molecule has 2 bridgehead atoms. The quantitative estimate of drug-likeness (QED) is 0.208. The van der Waals surface area contributed by atoms with Crippen LogP contribution >= 0.6 is 11.6 Å². The van der Waals surface area contributed by atoms with Crippen LogP contribution in [0.5, 0.6) is 0 Å². The number of likely N-dealkylation sites (tertiary alicyclic amines) is 1. The Balaban J connectivity index is 1.71. The largest absolute Gasteiger partial charge is 0.465 e. The van der Waals surface area contributed by atoms with Gasteiger partial charge in [-0.1, -0.05) is 30.7 Å². The molecule has 3 heterocycles. The second-order valence-corrected chi connectivity index (χ2v) is 11.0. The molecule has 8 nitrogen and oxygen atoms in total. The first kappa shape index (κ1) is 29.3. The van der Waals surface area contributed by atoms with Gasteiger partial charge in [-0.05, 0) is 69.2 Å². The van der Waals surface area contributed by atoms with Gasteiger partial charge in [-0.15, -0.1) is 13.2 Å². The molecule has 1 spiro atoms. The van der Waals surface area contributed by atoms with E-state index in [9.17, 15) is 19.5 Å². The Hall–Kier alpha value is -2.68. The average molecular weight is 559 g/mol. The highest BCUT2D eigenvalue weighted by Gasteiger charge is 2.79. The number of rotatable bonds is 14. The Morgan fingerprint density at radius 1 is 1.21 bits per heavy atom. The molecule has 0 radical (unpaired) electrons. The number of allylic oxidation sites excluding steroid dienone is 1. The van der Waals surface area contributed by atoms with Crippen molar-refractivity contribution in [3.05, 3.63) is 54.6 Å². The molecule has 5 atom stereocenters. The number of hydrogen-bond donors (Lipinski definition) is 1. The minimum absolute atomic E-state index is 0.133. The molecule has 1 aromatic rings. The minimum atomic E-state index is -1.15. The summed E-state index contributed by atoms with van der Waals surface area (Å²) in [7, 11) is 0. The maximum atomic E-state index is 14.4. The normalized spacial score (nSPS) is 28.8. The summed E-state index contributed by atoms with van der Waals surface area (Å²) in [5.74, 6) is -2.65. The van der Waals surface area contributed by atoms with Gasteiger partial charge in [0.2, 0.25) is 5.91 Å². The van der Waals surface area contributed by atoms with E-state index in [2.05, 4.69) is 13.2 Å². The molecular formula is C30H39ClN2O6. The zero-order valence-corrected chi connectivity index (χ0v) is 23.4. The van der Waals surface area contributed by atoms with Crippen LogP contribution in [0.2, 0.25) is 5.02 Å². The fourth-order valence-corrected chi connectivity index (χ4v) is 6.84. The summed E-state index contributed by atoms with van der Waals surface area (Å²) in [5, 5.41) is 10.1. The summed E-state index contributed by atoms with van der Waals surface area (Å²) >= 11 is 6.09. The molecule has 3 saturated heterocycles. The van der Waals surface area contributed by atoms with E-state index in [1.807, 2.05) is 13.0 Å². The molecule has 2 unspecified atom stereocenters. The highest BCUT2D eigenvalue weighted by Crippen LogP contribution is 2.64. The number of nitrogens with zero attached hydrogens (tertiary/aromatic N) is 2. The van der Waals surface area contributed by atoms with Crippen molar-refractivity contribution in [3.8, 4) is 0 Å². The second-order valence-electron chi connectivity index (χ2n) is 10.6. The van der Waals surface area contributed by atoms with Crippen LogP contribution < -0.4 is 4.90 Å². The van der Waals surface area contributed by atoms with E-state index in [1.54, 1.807) is 35.2 Å². The average Bonchev–Trinajstić information content (AvgIpc) is 3.54. The molecule has 3 aliphatic heterocycles. The van der Waals surface area contributed by atoms with Gasteiger partial charge in [0.15, 0.2) is 0 Å². The third kappa shape index (κ3) is 5.14. The number of aliphatic hydroxyl groups excluding tert-OH is 1. The van der Waals surface area contributed by atoms with Crippen molar-refractivity contribution in [1.82, 2.24) is 4.90 Å². The van der Waals surface area contributed by atoms with Crippen LogP contribution in [0.4, 0.5) is 5.69 Å². The molecule has 39 heavy (non-hydrogen) atoms. The van der Waals surface area contributed by atoms with Gasteiger partial charge in [0.05, 0.1) is 18.1 Å². The third-order valence-corrected chi connectivity index (χ3v) is 8.74. The molecule has 212 valence electrons. The van der Waals surface area contributed by atoms with E-state index in [0.717, 1.165) is 12.8 Å². The minimum Gasteiger partial charge on any atom is -0.465 e. The van der Waals surface area contributed by atoms with E-state index in [-0.39, 0.29) is 38.1 Å². The monoisotopic (exact) mass is 558 g/mol. The number of fused-ring (bicyclic) bond motifs is 1. The van der Waals surface area contributed by atoms with Crippen molar-refractivity contribution in [3.63, 3.8) is 0 Å². The summed E-state index contributed by atoms with van der Waals surface area (Å²) in [6, 6.07) is 5.96.